The van der Waals surface area contributed by atoms with E-state index in [0.29, 0.717) is 17.0 Å². The molecule has 3 atom stereocenters. The smallest absolute Gasteiger partial charge is 0.333 e. The van der Waals surface area contributed by atoms with Crippen molar-refractivity contribution in [3.05, 3.63) is 46.2 Å². The first-order valence-electron chi connectivity index (χ1n) is 11.7. The Hall–Kier alpha value is -2.32. The summed E-state index contributed by atoms with van der Waals surface area (Å²) in [6.07, 6.45) is 2.53. The Labute approximate surface area is 196 Å². The van der Waals surface area contributed by atoms with Gasteiger partial charge in [-0.2, -0.15) is 8.42 Å². The quantitative estimate of drug-likeness (QED) is 0.534. The Balaban J connectivity index is 1.62. The molecule has 0 aliphatic heterocycles. The highest BCUT2D eigenvalue weighted by molar-refractivity contribution is 7.89. The highest BCUT2D eigenvalue weighted by atomic mass is 32.2. The van der Waals surface area contributed by atoms with E-state index in [1.54, 1.807) is 6.92 Å². The van der Waals surface area contributed by atoms with Gasteiger partial charge in [0.2, 0.25) is 5.09 Å². The van der Waals surface area contributed by atoms with Gasteiger partial charge >= 0.3 is 6.03 Å². The first-order valence-corrected chi connectivity index (χ1v) is 13.1. The number of aliphatic hydroxyl groups is 1. The number of anilines is 1. The number of carbonyl (C=O) groups is 1. The van der Waals surface area contributed by atoms with Gasteiger partial charge in [0.15, 0.2) is 0 Å². The molecule has 8 heteroatoms. The lowest BCUT2D eigenvalue weighted by Crippen LogP contribution is -2.35. The summed E-state index contributed by atoms with van der Waals surface area (Å²) in [4.78, 5) is 12.8. The molecule has 1 aromatic heterocycles. The lowest BCUT2D eigenvalue weighted by Gasteiger charge is -2.33. The number of benzene rings is 1. The number of nitrogens with one attached hydrogen (secondary N) is 2. The predicted octanol–water partition coefficient (Wildman–Crippen LogP) is 5.45. The number of fused-ring (bicyclic) bond motifs is 4. The van der Waals surface area contributed by atoms with E-state index in [4.69, 9.17) is 4.42 Å². The number of amides is 2. The fourth-order valence-electron chi connectivity index (χ4n) is 5.37. The average molecular weight is 475 g/mol. The lowest BCUT2D eigenvalue weighted by atomic mass is 9.76. The third kappa shape index (κ3) is 4.19. The van der Waals surface area contributed by atoms with Crippen LogP contribution >= 0.6 is 0 Å². The van der Waals surface area contributed by atoms with Crippen molar-refractivity contribution in [3.8, 4) is 0 Å². The number of rotatable bonds is 5. The summed E-state index contributed by atoms with van der Waals surface area (Å²) in [7, 11) is -4.25. The van der Waals surface area contributed by atoms with Gasteiger partial charge in [-0.3, -0.25) is 0 Å². The second kappa shape index (κ2) is 8.17. The van der Waals surface area contributed by atoms with Gasteiger partial charge in [-0.25, -0.2) is 9.52 Å². The maximum absolute atomic E-state index is 13.0. The van der Waals surface area contributed by atoms with E-state index in [1.165, 1.54) is 6.07 Å². The molecule has 33 heavy (non-hydrogen) atoms. The number of furan rings is 1. The zero-order chi connectivity index (χ0) is 24.3. The summed E-state index contributed by atoms with van der Waals surface area (Å²) in [5, 5.41) is 13.4. The summed E-state index contributed by atoms with van der Waals surface area (Å²) in [5.74, 6) is 1.01. The molecule has 4 rings (SSSR count). The van der Waals surface area contributed by atoms with Crippen molar-refractivity contribution in [1.82, 2.24) is 4.72 Å². The van der Waals surface area contributed by atoms with Crippen LogP contribution in [0.5, 0.6) is 0 Å². The van der Waals surface area contributed by atoms with E-state index >= 15 is 0 Å². The minimum atomic E-state index is -4.25. The topological polar surface area (TPSA) is 109 Å². The molecule has 180 valence electrons. The molecule has 0 radical (unpaired) electrons. The molecule has 2 aromatic rings. The molecule has 2 aliphatic carbocycles. The molecular formula is C25H34N2O5S. The molecule has 1 saturated carbocycles. The molecule has 2 aliphatic rings. The van der Waals surface area contributed by atoms with Gasteiger partial charge in [-0.05, 0) is 62.0 Å². The van der Waals surface area contributed by atoms with E-state index in [2.05, 4.69) is 10.0 Å². The minimum absolute atomic E-state index is 0.0878. The Kier molecular flexibility index (Phi) is 5.90. The summed E-state index contributed by atoms with van der Waals surface area (Å²) in [6, 6.07) is 4.56. The van der Waals surface area contributed by atoms with E-state index in [0.717, 1.165) is 36.0 Å². The zero-order valence-electron chi connectivity index (χ0n) is 20.2. The molecular weight excluding hydrogens is 440 g/mol. The van der Waals surface area contributed by atoms with Crippen LogP contribution in [0.25, 0.3) is 0 Å². The maximum atomic E-state index is 13.0. The fraction of sp³-hybridized carbons (Fsp3) is 0.560. The van der Waals surface area contributed by atoms with Crippen molar-refractivity contribution in [2.75, 3.05) is 5.32 Å². The van der Waals surface area contributed by atoms with Crippen LogP contribution in [0.3, 0.4) is 0 Å². The minimum Gasteiger partial charge on any atom is -0.447 e. The van der Waals surface area contributed by atoms with Crippen LogP contribution in [-0.4, -0.2) is 19.6 Å². The average Bonchev–Trinajstić information content (AvgIpc) is 3.34. The van der Waals surface area contributed by atoms with Crippen LogP contribution in [0.2, 0.25) is 0 Å². The van der Waals surface area contributed by atoms with Crippen LogP contribution in [0.4, 0.5) is 10.5 Å². The highest BCUT2D eigenvalue weighted by Crippen LogP contribution is 2.55. The van der Waals surface area contributed by atoms with Gasteiger partial charge in [0.1, 0.15) is 5.76 Å². The van der Waals surface area contributed by atoms with Gasteiger partial charge in [-0.1, -0.05) is 45.4 Å². The van der Waals surface area contributed by atoms with Crippen LogP contribution in [0.1, 0.15) is 99.6 Å². The number of sulfonamides is 1. The third-order valence-corrected chi connectivity index (χ3v) is 8.39. The number of hydrogen-bond acceptors (Lipinski definition) is 5. The molecule has 2 bridgehead atoms. The monoisotopic (exact) mass is 474 g/mol. The molecule has 7 nitrogen and oxygen atoms in total. The summed E-state index contributed by atoms with van der Waals surface area (Å²) < 4.78 is 33.9. The zero-order valence-corrected chi connectivity index (χ0v) is 21.0. The number of carbonyl (C=O) groups excluding carboxylic acids is 1. The fourth-order valence-corrected chi connectivity index (χ4v) is 6.24. The number of aryl methyl sites for hydroxylation is 1. The van der Waals surface area contributed by atoms with Gasteiger partial charge in [-0.15, -0.1) is 0 Å². The summed E-state index contributed by atoms with van der Waals surface area (Å²) in [6.45, 7) is 11.9. The van der Waals surface area contributed by atoms with Crippen LogP contribution in [0, 0.1) is 12.8 Å². The Bertz CT molecular complexity index is 1160. The molecule has 1 heterocycles. The molecule has 0 saturated heterocycles. The Morgan fingerprint density at radius 3 is 2.30 bits per heavy atom. The van der Waals surface area contributed by atoms with Gasteiger partial charge in [0.05, 0.1) is 5.60 Å². The van der Waals surface area contributed by atoms with Crippen molar-refractivity contribution >= 4 is 21.7 Å². The van der Waals surface area contributed by atoms with Gasteiger partial charge < -0.3 is 14.8 Å². The van der Waals surface area contributed by atoms with Crippen molar-refractivity contribution in [2.45, 2.75) is 89.3 Å². The van der Waals surface area contributed by atoms with Crippen molar-refractivity contribution < 1.29 is 22.7 Å². The normalized spacial score (nSPS) is 24.3. The third-order valence-electron chi connectivity index (χ3n) is 7.20. The molecule has 3 unspecified atom stereocenters. The Morgan fingerprint density at radius 2 is 1.73 bits per heavy atom. The second-order valence-corrected chi connectivity index (χ2v) is 12.0. The van der Waals surface area contributed by atoms with Crippen molar-refractivity contribution in [1.29, 1.82) is 0 Å². The largest absolute Gasteiger partial charge is 0.447 e. The molecule has 2 amide bonds. The second-order valence-electron chi connectivity index (χ2n) is 10.4. The molecule has 1 aromatic carbocycles. The van der Waals surface area contributed by atoms with Crippen LogP contribution < -0.4 is 10.0 Å². The SMILES string of the molecule is Cc1cc(C(C)C)c(NC(=O)NS(=O)(=O)c2cc3c(o2)C2CCC(C2)C3(C)O)c(C(C)C)c1. The summed E-state index contributed by atoms with van der Waals surface area (Å²) in [5.41, 5.74) is 3.01. The van der Waals surface area contributed by atoms with Crippen LogP contribution in [-0.2, 0) is 15.6 Å². The van der Waals surface area contributed by atoms with E-state index < -0.39 is 21.7 Å². The first-order chi connectivity index (χ1) is 15.3. The van der Waals surface area contributed by atoms with E-state index in [9.17, 15) is 18.3 Å². The van der Waals surface area contributed by atoms with E-state index in [-0.39, 0.29) is 28.8 Å². The summed E-state index contributed by atoms with van der Waals surface area (Å²) >= 11 is 0. The van der Waals surface area contributed by atoms with Crippen molar-refractivity contribution in [2.24, 2.45) is 5.92 Å². The molecule has 3 N–H and O–H groups in total. The Morgan fingerprint density at radius 1 is 1.12 bits per heavy atom. The molecule has 0 spiro atoms. The predicted molar refractivity (Wildman–Crippen MR) is 127 cm³/mol. The highest BCUT2D eigenvalue weighted by Gasteiger charge is 2.49. The maximum Gasteiger partial charge on any atom is 0.333 e. The number of urea groups is 1. The van der Waals surface area contributed by atoms with Crippen molar-refractivity contribution in [3.63, 3.8) is 0 Å². The standard InChI is InChI=1S/C25H34N2O5S/c1-13(2)18-9-15(5)10-19(14(3)4)22(18)26-24(28)27-33(30,31)21-12-20-23(32-21)16-7-8-17(11-16)25(20,6)29/h9-10,12-14,16-17,29H,7-8,11H2,1-6H3,(H2,26,27,28). The first kappa shape index (κ1) is 23.8. The van der Waals surface area contributed by atoms with Gasteiger partial charge in [0, 0.05) is 23.2 Å². The van der Waals surface area contributed by atoms with E-state index in [1.807, 2.05) is 46.8 Å². The molecule has 1 fully saturated rings. The number of hydrogen-bond donors (Lipinski definition) is 3. The van der Waals surface area contributed by atoms with Gasteiger partial charge in [0.25, 0.3) is 10.0 Å². The van der Waals surface area contributed by atoms with Crippen LogP contribution in [0.15, 0.2) is 27.7 Å². The lowest BCUT2D eigenvalue weighted by molar-refractivity contribution is -0.0115.